The first-order chi connectivity index (χ1) is 15.0. The van der Waals surface area contributed by atoms with Gasteiger partial charge >= 0.3 is 0 Å². The Morgan fingerprint density at radius 3 is 2.87 bits per heavy atom. The minimum atomic E-state index is -0.0979. The number of amides is 1. The third-order valence-corrected chi connectivity index (χ3v) is 5.70. The minimum absolute atomic E-state index is 0.0979. The molecule has 0 aliphatic carbocycles. The molecule has 1 amide bonds. The van der Waals surface area contributed by atoms with E-state index >= 15 is 0 Å². The van der Waals surface area contributed by atoms with E-state index in [1.54, 1.807) is 4.68 Å². The van der Waals surface area contributed by atoms with Crippen LogP contribution in [0.25, 0.3) is 16.4 Å². The van der Waals surface area contributed by atoms with Crippen LogP contribution in [0.15, 0.2) is 53.9 Å². The van der Waals surface area contributed by atoms with Crippen molar-refractivity contribution in [1.29, 1.82) is 0 Å². The first-order valence-electron chi connectivity index (χ1n) is 9.83. The normalized spacial score (nSPS) is 12.2. The van der Waals surface area contributed by atoms with Crippen molar-refractivity contribution in [2.45, 2.75) is 20.3 Å². The van der Waals surface area contributed by atoms with Gasteiger partial charge < -0.3 is 14.8 Å². The Labute approximate surface area is 183 Å². The summed E-state index contributed by atoms with van der Waals surface area (Å²) in [7, 11) is 0. The fourth-order valence-corrected chi connectivity index (χ4v) is 4.27. The maximum absolute atomic E-state index is 12.6. The zero-order chi connectivity index (χ0) is 21.4. The first kappa shape index (κ1) is 19.3. The molecule has 2 aromatic heterocycles. The highest BCUT2D eigenvalue weighted by Crippen LogP contribution is 2.36. The van der Waals surface area contributed by atoms with Gasteiger partial charge in [-0.05, 0) is 37.6 Å². The molecular formula is C23H20N4O3S. The number of nitrogens with zero attached hydrogens (tertiary/aromatic N) is 3. The molecule has 0 radical (unpaired) electrons. The van der Waals surface area contributed by atoms with E-state index in [-0.39, 0.29) is 12.7 Å². The standard InChI is InChI=1S/C23H20N4O3S/c1-14-4-3-5-16(8-14)10-22(28)25-21-9-15(2)26-27(21)23-24-18(12-31-23)17-6-7-19-20(11-17)30-13-29-19/h3-9,11-12H,10,13H2,1-2H3,(H,25,28). The molecule has 0 unspecified atom stereocenters. The number of aromatic nitrogens is 3. The van der Waals surface area contributed by atoms with E-state index in [0.717, 1.165) is 33.8 Å². The topological polar surface area (TPSA) is 78.3 Å². The van der Waals surface area contributed by atoms with Crippen LogP contribution in [0.5, 0.6) is 11.5 Å². The second kappa shape index (κ2) is 7.88. The molecule has 0 saturated carbocycles. The van der Waals surface area contributed by atoms with Gasteiger partial charge in [0.05, 0.1) is 17.8 Å². The third-order valence-electron chi connectivity index (χ3n) is 4.89. The van der Waals surface area contributed by atoms with Crippen molar-refractivity contribution in [1.82, 2.24) is 14.8 Å². The zero-order valence-corrected chi connectivity index (χ0v) is 17.9. The Morgan fingerprint density at radius 2 is 2.00 bits per heavy atom. The molecule has 0 spiro atoms. The number of benzene rings is 2. The Hall–Kier alpha value is -3.65. The summed E-state index contributed by atoms with van der Waals surface area (Å²) in [6, 6.07) is 15.5. The van der Waals surface area contributed by atoms with E-state index < -0.39 is 0 Å². The fourth-order valence-electron chi connectivity index (χ4n) is 3.48. The van der Waals surface area contributed by atoms with Gasteiger partial charge in [-0.2, -0.15) is 9.78 Å². The highest BCUT2D eigenvalue weighted by atomic mass is 32.1. The zero-order valence-electron chi connectivity index (χ0n) is 17.1. The van der Waals surface area contributed by atoms with Gasteiger partial charge in [0.1, 0.15) is 5.82 Å². The molecule has 3 heterocycles. The predicted molar refractivity (Wildman–Crippen MR) is 119 cm³/mol. The summed E-state index contributed by atoms with van der Waals surface area (Å²) in [6.45, 7) is 4.14. The van der Waals surface area contributed by atoms with Crippen molar-refractivity contribution in [3.05, 3.63) is 70.7 Å². The van der Waals surface area contributed by atoms with Crippen LogP contribution in [0.2, 0.25) is 0 Å². The Balaban J connectivity index is 1.37. The molecule has 1 aliphatic heterocycles. The summed E-state index contributed by atoms with van der Waals surface area (Å²) in [6.07, 6.45) is 0.298. The lowest BCUT2D eigenvalue weighted by molar-refractivity contribution is -0.115. The van der Waals surface area contributed by atoms with Crippen LogP contribution in [-0.2, 0) is 11.2 Å². The van der Waals surface area contributed by atoms with Gasteiger partial charge in [-0.15, -0.1) is 11.3 Å². The maximum Gasteiger partial charge on any atom is 0.231 e. The van der Waals surface area contributed by atoms with Crippen LogP contribution in [0.3, 0.4) is 0 Å². The van der Waals surface area contributed by atoms with Crippen LogP contribution in [0, 0.1) is 13.8 Å². The Bertz CT molecular complexity index is 1280. The van der Waals surface area contributed by atoms with E-state index in [0.29, 0.717) is 23.1 Å². The summed E-state index contributed by atoms with van der Waals surface area (Å²) in [5, 5.41) is 10.1. The molecular weight excluding hydrogens is 412 g/mol. The molecule has 1 N–H and O–H groups in total. The van der Waals surface area contributed by atoms with Crippen molar-refractivity contribution in [3.63, 3.8) is 0 Å². The quantitative estimate of drug-likeness (QED) is 0.502. The molecule has 4 aromatic rings. The number of rotatable bonds is 5. The number of fused-ring (bicyclic) bond motifs is 1. The molecule has 31 heavy (non-hydrogen) atoms. The number of hydrogen-bond donors (Lipinski definition) is 1. The van der Waals surface area contributed by atoms with E-state index in [1.165, 1.54) is 11.3 Å². The van der Waals surface area contributed by atoms with Gasteiger partial charge in [-0.3, -0.25) is 4.79 Å². The molecule has 1 aliphatic rings. The number of aryl methyl sites for hydroxylation is 2. The third kappa shape index (κ3) is 4.02. The average molecular weight is 433 g/mol. The van der Waals surface area contributed by atoms with E-state index in [4.69, 9.17) is 14.5 Å². The number of carbonyl (C=O) groups is 1. The monoisotopic (exact) mass is 432 g/mol. The minimum Gasteiger partial charge on any atom is -0.454 e. The SMILES string of the molecule is Cc1cccc(CC(=O)Nc2cc(C)nn2-c2nc(-c3ccc4c(c3)OCO4)cs2)c1. The summed E-state index contributed by atoms with van der Waals surface area (Å²) < 4.78 is 12.5. The van der Waals surface area contributed by atoms with Crippen molar-refractivity contribution in [2.75, 3.05) is 12.1 Å². The number of carbonyl (C=O) groups excluding carboxylic acids is 1. The van der Waals surface area contributed by atoms with Gasteiger partial charge in [-0.1, -0.05) is 29.8 Å². The Morgan fingerprint density at radius 1 is 1.13 bits per heavy atom. The molecule has 0 fully saturated rings. The highest BCUT2D eigenvalue weighted by molar-refractivity contribution is 7.12. The number of anilines is 1. The molecule has 5 rings (SSSR count). The van der Waals surface area contributed by atoms with Crippen LogP contribution in [0.4, 0.5) is 5.82 Å². The summed E-state index contributed by atoms with van der Waals surface area (Å²) in [5.74, 6) is 1.95. The summed E-state index contributed by atoms with van der Waals surface area (Å²) in [4.78, 5) is 17.4. The number of nitrogens with one attached hydrogen (secondary N) is 1. The maximum atomic E-state index is 12.6. The largest absolute Gasteiger partial charge is 0.454 e. The summed E-state index contributed by atoms with van der Waals surface area (Å²) >= 11 is 1.46. The second-order valence-electron chi connectivity index (χ2n) is 7.38. The number of thiazole rings is 1. The van der Waals surface area contributed by atoms with Crippen molar-refractivity contribution in [3.8, 4) is 27.9 Å². The molecule has 7 nitrogen and oxygen atoms in total. The van der Waals surface area contributed by atoms with Crippen molar-refractivity contribution in [2.24, 2.45) is 0 Å². The lowest BCUT2D eigenvalue weighted by Crippen LogP contribution is -2.17. The highest BCUT2D eigenvalue weighted by Gasteiger charge is 2.17. The summed E-state index contributed by atoms with van der Waals surface area (Å²) in [5.41, 5.74) is 4.64. The van der Waals surface area contributed by atoms with E-state index in [2.05, 4.69) is 10.4 Å². The predicted octanol–water partition coefficient (Wildman–Crippen LogP) is 4.52. The lowest BCUT2D eigenvalue weighted by Gasteiger charge is -2.07. The molecule has 2 aromatic carbocycles. The van der Waals surface area contributed by atoms with Crippen LogP contribution < -0.4 is 14.8 Å². The van der Waals surface area contributed by atoms with E-state index in [9.17, 15) is 4.79 Å². The van der Waals surface area contributed by atoms with Crippen LogP contribution in [0.1, 0.15) is 16.8 Å². The molecule has 156 valence electrons. The number of ether oxygens (including phenoxy) is 2. The first-order valence-corrected chi connectivity index (χ1v) is 10.7. The second-order valence-corrected chi connectivity index (χ2v) is 8.22. The van der Waals surface area contributed by atoms with Gasteiger partial charge in [0, 0.05) is 17.0 Å². The fraction of sp³-hybridized carbons (Fsp3) is 0.174. The smallest absolute Gasteiger partial charge is 0.231 e. The number of hydrogen-bond acceptors (Lipinski definition) is 6. The van der Waals surface area contributed by atoms with Crippen molar-refractivity contribution >= 4 is 23.1 Å². The van der Waals surface area contributed by atoms with Crippen LogP contribution >= 0.6 is 11.3 Å². The van der Waals surface area contributed by atoms with Gasteiger partial charge in [0.25, 0.3) is 0 Å². The van der Waals surface area contributed by atoms with Crippen molar-refractivity contribution < 1.29 is 14.3 Å². The van der Waals surface area contributed by atoms with Crippen LogP contribution in [-0.4, -0.2) is 27.5 Å². The van der Waals surface area contributed by atoms with E-state index in [1.807, 2.05) is 67.8 Å². The van der Waals surface area contributed by atoms with Gasteiger partial charge in [-0.25, -0.2) is 4.98 Å². The lowest BCUT2D eigenvalue weighted by atomic mass is 10.1. The molecule has 0 atom stereocenters. The molecule has 0 bridgehead atoms. The van der Waals surface area contributed by atoms with Gasteiger partial charge in [0.15, 0.2) is 11.5 Å². The van der Waals surface area contributed by atoms with Gasteiger partial charge in [0.2, 0.25) is 17.8 Å². The molecule has 8 heteroatoms. The Kier molecular flexibility index (Phi) is 4.91. The average Bonchev–Trinajstić information content (AvgIpc) is 3.46. The molecule has 0 saturated heterocycles.